The van der Waals surface area contributed by atoms with Crippen LogP contribution in [0.15, 0.2) is 36.4 Å². The third-order valence-electron chi connectivity index (χ3n) is 2.80. The summed E-state index contributed by atoms with van der Waals surface area (Å²) in [5, 5.41) is 8.34. The first kappa shape index (κ1) is 14.4. The number of esters is 1. The molecule has 0 saturated carbocycles. The number of carbonyl (C=O) groups is 4. The molecule has 0 spiro atoms. The van der Waals surface area contributed by atoms with E-state index in [1.165, 1.54) is 0 Å². The van der Waals surface area contributed by atoms with Gasteiger partial charge in [0.15, 0.2) is 0 Å². The molecular weight excluding hydrogens is 278 g/mol. The van der Waals surface area contributed by atoms with E-state index in [1.54, 1.807) is 24.3 Å². The second-order valence-electron chi connectivity index (χ2n) is 4.15. The van der Waals surface area contributed by atoms with Crippen molar-refractivity contribution in [3.63, 3.8) is 0 Å². The van der Waals surface area contributed by atoms with Crippen molar-refractivity contribution in [1.29, 1.82) is 0 Å². The maximum absolute atomic E-state index is 12.0. The topological polar surface area (TPSA) is 101 Å². The molecule has 7 nitrogen and oxygen atoms in total. The molecule has 0 radical (unpaired) electrons. The molecule has 1 aliphatic rings. The normalized spacial score (nSPS) is 13.6. The molecular formula is C14H11NO6. The maximum Gasteiger partial charge on any atom is 0.331 e. The molecule has 1 aromatic rings. The zero-order valence-corrected chi connectivity index (χ0v) is 10.8. The summed E-state index contributed by atoms with van der Waals surface area (Å²) in [6.07, 6.45) is 1.40. The number of imide groups is 1. The summed E-state index contributed by atoms with van der Waals surface area (Å²) in [5.74, 6) is -3.00. The predicted molar refractivity (Wildman–Crippen MR) is 69.5 cm³/mol. The van der Waals surface area contributed by atoms with E-state index in [0.29, 0.717) is 17.2 Å². The monoisotopic (exact) mass is 289 g/mol. The first-order chi connectivity index (χ1) is 10.0. The van der Waals surface area contributed by atoms with E-state index >= 15 is 0 Å². The van der Waals surface area contributed by atoms with Crippen molar-refractivity contribution >= 4 is 23.8 Å². The molecule has 0 unspecified atom stereocenters. The van der Waals surface area contributed by atoms with Crippen molar-refractivity contribution in [3.05, 3.63) is 47.5 Å². The summed E-state index contributed by atoms with van der Waals surface area (Å²) in [4.78, 5) is 46.3. The Bertz CT molecular complexity index is 614. The first-order valence-electron chi connectivity index (χ1n) is 6.03. The molecule has 0 saturated heterocycles. The molecule has 0 atom stereocenters. The van der Waals surface area contributed by atoms with Crippen LogP contribution >= 0.6 is 0 Å². The minimum absolute atomic E-state index is 0.0843. The van der Waals surface area contributed by atoms with Crippen molar-refractivity contribution in [1.82, 2.24) is 4.90 Å². The molecule has 2 amide bonds. The van der Waals surface area contributed by atoms with E-state index in [0.717, 1.165) is 11.0 Å². The van der Waals surface area contributed by atoms with Crippen LogP contribution in [-0.4, -0.2) is 46.9 Å². The Morgan fingerprint density at radius 1 is 1.10 bits per heavy atom. The highest BCUT2D eigenvalue weighted by molar-refractivity contribution is 6.21. The van der Waals surface area contributed by atoms with Crippen molar-refractivity contribution < 1.29 is 29.0 Å². The van der Waals surface area contributed by atoms with Crippen molar-refractivity contribution in [2.75, 3.05) is 13.2 Å². The Balaban J connectivity index is 1.91. The molecule has 0 aliphatic carbocycles. The van der Waals surface area contributed by atoms with Gasteiger partial charge in [0.2, 0.25) is 0 Å². The Kier molecular flexibility index (Phi) is 4.13. The van der Waals surface area contributed by atoms with Gasteiger partial charge in [-0.05, 0) is 12.1 Å². The third kappa shape index (κ3) is 3.14. The molecule has 2 rings (SSSR count). The molecule has 1 aromatic carbocycles. The van der Waals surface area contributed by atoms with Crippen LogP contribution in [0.1, 0.15) is 20.7 Å². The molecule has 21 heavy (non-hydrogen) atoms. The minimum atomic E-state index is -1.27. The Labute approximate surface area is 119 Å². The molecule has 108 valence electrons. The fraction of sp³-hybridized carbons (Fsp3) is 0.143. The number of fused-ring (bicyclic) bond motifs is 1. The summed E-state index contributed by atoms with van der Waals surface area (Å²) in [5.41, 5.74) is 0.638. The molecule has 1 heterocycles. The lowest BCUT2D eigenvalue weighted by Gasteiger charge is -2.13. The van der Waals surface area contributed by atoms with E-state index in [2.05, 4.69) is 0 Å². The molecule has 0 aromatic heterocycles. The van der Waals surface area contributed by atoms with Crippen molar-refractivity contribution in [3.8, 4) is 0 Å². The third-order valence-corrected chi connectivity index (χ3v) is 2.80. The number of nitrogens with zero attached hydrogens (tertiary/aromatic N) is 1. The largest absolute Gasteiger partial charge is 0.478 e. The van der Waals surface area contributed by atoms with Gasteiger partial charge in [0.05, 0.1) is 17.7 Å². The number of hydrogen-bond donors (Lipinski definition) is 1. The van der Waals surface area contributed by atoms with Crippen LogP contribution in [0.5, 0.6) is 0 Å². The highest BCUT2D eigenvalue weighted by Gasteiger charge is 2.34. The first-order valence-corrected chi connectivity index (χ1v) is 6.03. The van der Waals surface area contributed by atoms with Crippen LogP contribution in [-0.2, 0) is 14.3 Å². The minimum Gasteiger partial charge on any atom is -0.478 e. The van der Waals surface area contributed by atoms with Crippen LogP contribution in [0, 0.1) is 0 Å². The van der Waals surface area contributed by atoms with E-state index in [9.17, 15) is 19.2 Å². The predicted octanol–water partition coefficient (Wildman–Crippen LogP) is 0.467. The van der Waals surface area contributed by atoms with E-state index < -0.39 is 23.8 Å². The lowest BCUT2D eigenvalue weighted by Crippen LogP contribution is -2.33. The Morgan fingerprint density at radius 2 is 1.67 bits per heavy atom. The zero-order valence-electron chi connectivity index (χ0n) is 10.8. The van der Waals surface area contributed by atoms with Gasteiger partial charge >= 0.3 is 11.9 Å². The quantitative estimate of drug-likeness (QED) is 0.480. The smallest absolute Gasteiger partial charge is 0.331 e. The van der Waals surface area contributed by atoms with Gasteiger partial charge in [-0.3, -0.25) is 14.5 Å². The van der Waals surface area contributed by atoms with Gasteiger partial charge in [-0.25, -0.2) is 9.59 Å². The fourth-order valence-corrected chi connectivity index (χ4v) is 1.87. The van der Waals surface area contributed by atoms with Crippen LogP contribution in [0.25, 0.3) is 0 Å². The number of ether oxygens (including phenoxy) is 1. The van der Waals surface area contributed by atoms with Gasteiger partial charge in [-0.1, -0.05) is 12.1 Å². The standard InChI is InChI=1S/C14H11NO6/c16-11(17)5-6-12(18)21-8-7-15-13(19)9-3-1-2-4-10(9)14(15)20/h1-6H,7-8H2,(H,16,17)/b6-5-. The second kappa shape index (κ2) is 6.00. The number of aliphatic carboxylic acids is 1. The van der Waals surface area contributed by atoms with Gasteiger partial charge in [-0.15, -0.1) is 0 Å². The lowest BCUT2D eigenvalue weighted by atomic mass is 10.1. The van der Waals surface area contributed by atoms with Gasteiger partial charge < -0.3 is 9.84 Å². The van der Waals surface area contributed by atoms with Crippen molar-refractivity contribution in [2.45, 2.75) is 0 Å². The maximum atomic E-state index is 12.0. The Hall–Kier alpha value is -2.96. The number of benzene rings is 1. The molecule has 7 heteroatoms. The molecule has 1 N–H and O–H groups in total. The number of carboxylic acid groups (broad SMARTS) is 1. The van der Waals surface area contributed by atoms with Gasteiger partial charge in [0.1, 0.15) is 6.61 Å². The number of amides is 2. The van der Waals surface area contributed by atoms with Crippen molar-refractivity contribution in [2.24, 2.45) is 0 Å². The van der Waals surface area contributed by atoms with Crippen LogP contribution in [0.4, 0.5) is 0 Å². The van der Waals surface area contributed by atoms with E-state index in [4.69, 9.17) is 9.84 Å². The number of rotatable bonds is 5. The van der Waals surface area contributed by atoms with Gasteiger partial charge in [-0.2, -0.15) is 0 Å². The molecule has 0 bridgehead atoms. The molecule has 0 fully saturated rings. The summed E-state index contributed by atoms with van der Waals surface area (Å²) in [6.45, 7) is -0.284. The van der Waals surface area contributed by atoms with Crippen LogP contribution in [0.3, 0.4) is 0 Å². The van der Waals surface area contributed by atoms with E-state index in [-0.39, 0.29) is 13.2 Å². The van der Waals surface area contributed by atoms with Gasteiger partial charge in [0, 0.05) is 12.2 Å². The zero-order chi connectivity index (χ0) is 15.4. The number of carboxylic acids is 1. The average Bonchev–Trinajstić information content (AvgIpc) is 2.70. The summed E-state index contributed by atoms with van der Waals surface area (Å²) in [6, 6.07) is 6.42. The summed E-state index contributed by atoms with van der Waals surface area (Å²) in [7, 11) is 0. The number of carbonyl (C=O) groups excluding carboxylic acids is 3. The Morgan fingerprint density at radius 3 is 2.19 bits per heavy atom. The second-order valence-corrected chi connectivity index (χ2v) is 4.15. The summed E-state index contributed by atoms with van der Waals surface area (Å²) >= 11 is 0. The lowest BCUT2D eigenvalue weighted by molar-refractivity contribution is -0.138. The average molecular weight is 289 g/mol. The van der Waals surface area contributed by atoms with Crippen LogP contribution in [0.2, 0.25) is 0 Å². The van der Waals surface area contributed by atoms with E-state index in [1.807, 2.05) is 0 Å². The number of hydrogen-bond acceptors (Lipinski definition) is 5. The summed E-state index contributed by atoms with van der Waals surface area (Å²) < 4.78 is 4.71. The SMILES string of the molecule is O=C(O)/C=C\C(=O)OCCN1C(=O)c2ccccc2C1=O. The highest BCUT2D eigenvalue weighted by Crippen LogP contribution is 2.21. The van der Waals surface area contributed by atoms with Crippen LogP contribution < -0.4 is 0 Å². The van der Waals surface area contributed by atoms with Gasteiger partial charge in [0.25, 0.3) is 11.8 Å². The molecule has 1 aliphatic heterocycles. The highest BCUT2D eigenvalue weighted by atomic mass is 16.5. The fourth-order valence-electron chi connectivity index (χ4n) is 1.87.